The Kier molecular flexibility index (Phi) is 2.05. The van der Waals surface area contributed by atoms with Crippen molar-refractivity contribution in [3.63, 3.8) is 0 Å². The maximum atomic E-state index is 6.05. The minimum atomic E-state index is -0.0246. The molecular weight excluding hydrogens is 282 g/mol. The fourth-order valence-electron chi connectivity index (χ4n) is 1.23. The normalized spacial score (nSPS) is 19.2. The number of benzene rings is 1. The molecule has 1 aliphatic rings. The summed E-state index contributed by atoms with van der Waals surface area (Å²) in [6, 6.07) is 6.21. The first-order chi connectivity index (χ1) is 5.62. The summed E-state index contributed by atoms with van der Waals surface area (Å²) in [6.07, 6.45) is 2.22. The molecule has 1 fully saturated rings. The lowest BCUT2D eigenvalue weighted by Gasteiger charge is -2.09. The molecule has 12 heavy (non-hydrogen) atoms. The zero-order valence-corrected chi connectivity index (χ0v) is 9.65. The third kappa shape index (κ3) is 1.45. The van der Waals surface area contributed by atoms with Gasteiger partial charge in [0.1, 0.15) is 0 Å². The first kappa shape index (κ1) is 8.73. The van der Waals surface area contributed by atoms with Crippen LogP contribution in [0, 0.1) is 0 Å². The lowest BCUT2D eigenvalue weighted by molar-refractivity contribution is 0.739. The van der Waals surface area contributed by atoms with Crippen LogP contribution in [0.1, 0.15) is 18.4 Å². The van der Waals surface area contributed by atoms with Crippen LogP contribution in [0.4, 0.5) is 0 Å². The Balaban J connectivity index is 2.41. The smallest absolute Gasteiger partial charge is 0.0411 e. The van der Waals surface area contributed by atoms with Crippen molar-refractivity contribution in [2.75, 3.05) is 0 Å². The van der Waals surface area contributed by atoms with Gasteiger partial charge >= 0.3 is 0 Å². The Labute approximate surface area is 88.6 Å². The third-order valence-corrected chi connectivity index (χ3v) is 4.16. The fourth-order valence-corrected chi connectivity index (χ4v) is 1.85. The van der Waals surface area contributed by atoms with Crippen LogP contribution in [0.25, 0.3) is 0 Å². The molecular formula is C9H9Br2N. The molecule has 1 aliphatic carbocycles. The molecule has 2 rings (SSSR count). The number of nitrogens with two attached hydrogens (primary N) is 1. The highest BCUT2D eigenvalue weighted by Gasteiger charge is 2.39. The summed E-state index contributed by atoms with van der Waals surface area (Å²) in [5.74, 6) is 0. The van der Waals surface area contributed by atoms with Gasteiger partial charge in [0.05, 0.1) is 0 Å². The average Bonchev–Trinajstić information content (AvgIpc) is 2.75. The maximum Gasteiger partial charge on any atom is 0.0411 e. The van der Waals surface area contributed by atoms with Crippen molar-refractivity contribution in [1.29, 1.82) is 0 Å². The third-order valence-electron chi connectivity index (χ3n) is 2.28. The van der Waals surface area contributed by atoms with E-state index < -0.39 is 0 Å². The van der Waals surface area contributed by atoms with Crippen LogP contribution in [0.2, 0.25) is 0 Å². The van der Waals surface area contributed by atoms with Crippen molar-refractivity contribution in [2.24, 2.45) is 5.73 Å². The summed E-state index contributed by atoms with van der Waals surface area (Å²) in [5, 5.41) is 0. The largest absolute Gasteiger partial charge is 0.321 e. The van der Waals surface area contributed by atoms with Crippen molar-refractivity contribution in [3.8, 4) is 0 Å². The zero-order valence-electron chi connectivity index (χ0n) is 6.48. The van der Waals surface area contributed by atoms with Crippen molar-refractivity contribution in [2.45, 2.75) is 18.4 Å². The van der Waals surface area contributed by atoms with Crippen LogP contribution in [0.3, 0.4) is 0 Å². The molecule has 0 heterocycles. The molecule has 0 aliphatic heterocycles. The van der Waals surface area contributed by atoms with E-state index in [1.165, 1.54) is 5.56 Å². The van der Waals surface area contributed by atoms with Crippen molar-refractivity contribution in [3.05, 3.63) is 32.7 Å². The highest BCUT2D eigenvalue weighted by molar-refractivity contribution is 9.13. The Hall–Kier alpha value is 0.140. The van der Waals surface area contributed by atoms with Gasteiger partial charge in [0.15, 0.2) is 0 Å². The van der Waals surface area contributed by atoms with E-state index in [1.54, 1.807) is 0 Å². The predicted molar refractivity (Wildman–Crippen MR) is 56.9 cm³/mol. The molecule has 64 valence electrons. The summed E-state index contributed by atoms with van der Waals surface area (Å²) in [7, 11) is 0. The predicted octanol–water partition coefficient (Wildman–Crippen LogP) is 3.16. The van der Waals surface area contributed by atoms with Crippen molar-refractivity contribution < 1.29 is 0 Å². The monoisotopic (exact) mass is 289 g/mol. The van der Waals surface area contributed by atoms with Gasteiger partial charge < -0.3 is 5.73 Å². The van der Waals surface area contributed by atoms with Crippen LogP contribution in [-0.2, 0) is 5.54 Å². The molecule has 1 aromatic rings. The molecule has 0 bridgehead atoms. The molecule has 0 unspecified atom stereocenters. The molecule has 1 aromatic carbocycles. The van der Waals surface area contributed by atoms with E-state index in [2.05, 4.69) is 44.0 Å². The Morgan fingerprint density at radius 3 is 2.33 bits per heavy atom. The van der Waals surface area contributed by atoms with E-state index in [0.717, 1.165) is 21.8 Å². The van der Waals surface area contributed by atoms with E-state index in [4.69, 9.17) is 5.73 Å². The molecule has 0 spiro atoms. The van der Waals surface area contributed by atoms with Crippen LogP contribution in [-0.4, -0.2) is 0 Å². The molecule has 0 amide bonds. The molecule has 3 heteroatoms. The second-order valence-electron chi connectivity index (χ2n) is 3.29. The lowest BCUT2D eigenvalue weighted by atomic mass is 10.1. The average molecular weight is 291 g/mol. The number of hydrogen-bond acceptors (Lipinski definition) is 1. The highest BCUT2D eigenvalue weighted by Crippen LogP contribution is 2.43. The quantitative estimate of drug-likeness (QED) is 0.845. The van der Waals surface area contributed by atoms with Gasteiger partial charge in [0, 0.05) is 14.5 Å². The highest BCUT2D eigenvalue weighted by atomic mass is 79.9. The lowest BCUT2D eigenvalue weighted by Crippen LogP contribution is -2.18. The molecule has 0 atom stereocenters. The van der Waals surface area contributed by atoms with Gasteiger partial charge in [-0.2, -0.15) is 0 Å². The van der Waals surface area contributed by atoms with Gasteiger partial charge in [0.2, 0.25) is 0 Å². The first-order valence-corrected chi connectivity index (χ1v) is 5.45. The molecule has 2 N–H and O–H groups in total. The van der Waals surface area contributed by atoms with Crippen LogP contribution >= 0.6 is 31.9 Å². The van der Waals surface area contributed by atoms with E-state index in [1.807, 2.05) is 6.07 Å². The van der Waals surface area contributed by atoms with Gasteiger partial charge in [-0.1, -0.05) is 6.07 Å². The van der Waals surface area contributed by atoms with Gasteiger partial charge in [-0.3, -0.25) is 0 Å². The van der Waals surface area contributed by atoms with Crippen LogP contribution < -0.4 is 5.73 Å². The summed E-state index contributed by atoms with van der Waals surface area (Å²) >= 11 is 6.89. The van der Waals surface area contributed by atoms with Crippen LogP contribution in [0.5, 0.6) is 0 Å². The summed E-state index contributed by atoms with van der Waals surface area (Å²) in [6.45, 7) is 0. The number of halogens is 2. The minimum absolute atomic E-state index is 0.0246. The molecule has 1 saturated carbocycles. The van der Waals surface area contributed by atoms with Gasteiger partial charge in [-0.15, -0.1) is 0 Å². The summed E-state index contributed by atoms with van der Waals surface area (Å²) < 4.78 is 2.16. The maximum absolute atomic E-state index is 6.05. The van der Waals surface area contributed by atoms with Gasteiger partial charge in [0.25, 0.3) is 0 Å². The van der Waals surface area contributed by atoms with Gasteiger partial charge in [-0.25, -0.2) is 0 Å². The zero-order chi connectivity index (χ0) is 8.77. The topological polar surface area (TPSA) is 26.0 Å². The second kappa shape index (κ2) is 2.82. The van der Waals surface area contributed by atoms with E-state index in [9.17, 15) is 0 Å². The molecule has 0 saturated heterocycles. The number of hydrogen-bond donors (Lipinski definition) is 1. The number of rotatable bonds is 1. The first-order valence-electron chi connectivity index (χ1n) is 3.86. The van der Waals surface area contributed by atoms with Crippen molar-refractivity contribution in [1.82, 2.24) is 0 Å². The van der Waals surface area contributed by atoms with Crippen LogP contribution in [0.15, 0.2) is 27.1 Å². The standard InChI is InChI=1S/C9H9Br2N/c10-7-2-1-6(5-8(7)11)9(12)3-4-9/h1-2,5H,3-4,12H2. The minimum Gasteiger partial charge on any atom is -0.321 e. The SMILES string of the molecule is NC1(c2ccc(Br)c(Br)c2)CC1. The Bertz CT molecular complexity index is 318. The second-order valence-corrected chi connectivity index (χ2v) is 4.99. The summed E-state index contributed by atoms with van der Waals surface area (Å²) in [5.41, 5.74) is 7.26. The molecule has 0 aromatic heterocycles. The Morgan fingerprint density at radius 2 is 1.83 bits per heavy atom. The summed E-state index contributed by atoms with van der Waals surface area (Å²) in [4.78, 5) is 0. The van der Waals surface area contributed by atoms with E-state index >= 15 is 0 Å². The van der Waals surface area contributed by atoms with Crippen molar-refractivity contribution >= 4 is 31.9 Å². The van der Waals surface area contributed by atoms with E-state index in [0.29, 0.717) is 0 Å². The molecule has 1 nitrogen and oxygen atoms in total. The van der Waals surface area contributed by atoms with Gasteiger partial charge in [-0.05, 0) is 62.4 Å². The fraction of sp³-hybridized carbons (Fsp3) is 0.333. The van der Waals surface area contributed by atoms with E-state index in [-0.39, 0.29) is 5.54 Å². The Morgan fingerprint density at radius 1 is 1.17 bits per heavy atom. The molecule has 0 radical (unpaired) electrons.